The number of nitrogens with zero attached hydrogens (tertiary/aromatic N) is 2. The largest absolute Gasteiger partial charge is 0.345 e. The zero-order chi connectivity index (χ0) is 12.8. The lowest BCUT2D eigenvalue weighted by atomic mass is 10.3. The first kappa shape index (κ1) is 13.6. The second kappa shape index (κ2) is 6.34. The van der Waals surface area contributed by atoms with Crippen LogP contribution in [0, 0.1) is 0 Å². The number of hydrogen-bond donors (Lipinski definition) is 1. The summed E-state index contributed by atoms with van der Waals surface area (Å²) in [7, 11) is 1.69. The number of likely N-dealkylation sites (N-methyl/N-ethyl adjacent to an activating group) is 1. The highest BCUT2D eigenvalue weighted by Crippen LogP contribution is 2.12. The van der Waals surface area contributed by atoms with Crippen molar-refractivity contribution >= 4 is 27.7 Å². The lowest BCUT2D eigenvalue weighted by Gasteiger charge is -2.14. The van der Waals surface area contributed by atoms with E-state index in [1.54, 1.807) is 19.2 Å². The third-order valence-electron chi connectivity index (χ3n) is 2.27. The number of hydrogen-bond acceptors (Lipinski definition) is 3. The smallest absolute Gasteiger partial charge is 0.271 e. The summed E-state index contributed by atoms with van der Waals surface area (Å²) in [6.07, 6.45) is 1.53. The number of amides is 2. The summed E-state index contributed by atoms with van der Waals surface area (Å²) >= 11 is 3.23. The van der Waals surface area contributed by atoms with Crippen LogP contribution in [0.1, 0.15) is 17.4 Å². The molecule has 0 aliphatic rings. The van der Waals surface area contributed by atoms with Gasteiger partial charge in [0.05, 0.1) is 6.54 Å². The molecule has 0 aliphatic heterocycles. The van der Waals surface area contributed by atoms with Gasteiger partial charge in [0.25, 0.3) is 5.91 Å². The standard InChI is InChI=1S/C11H14BrN3O2/c1-3-15(2)9(16)7-14-11(17)10-8(12)5-4-6-13-10/h4-6H,3,7H2,1-2H3,(H,14,17). The van der Waals surface area contributed by atoms with E-state index < -0.39 is 0 Å². The van der Waals surface area contributed by atoms with Gasteiger partial charge in [0.1, 0.15) is 5.69 Å². The van der Waals surface area contributed by atoms with E-state index in [4.69, 9.17) is 0 Å². The summed E-state index contributed by atoms with van der Waals surface area (Å²) in [6.45, 7) is 2.46. The van der Waals surface area contributed by atoms with Crippen LogP contribution in [0.5, 0.6) is 0 Å². The molecule has 1 rings (SSSR count). The van der Waals surface area contributed by atoms with Gasteiger partial charge >= 0.3 is 0 Å². The fourth-order valence-electron chi connectivity index (χ4n) is 1.10. The zero-order valence-corrected chi connectivity index (χ0v) is 11.3. The van der Waals surface area contributed by atoms with Crippen LogP contribution in [-0.4, -0.2) is 41.8 Å². The van der Waals surface area contributed by atoms with Gasteiger partial charge in [-0.3, -0.25) is 9.59 Å². The monoisotopic (exact) mass is 299 g/mol. The first-order chi connectivity index (χ1) is 8.06. The molecular formula is C11H14BrN3O2. The summed E-state index contributed by atoms with van der Waals surface area (Å²) in [5.74, 6) is -0.497. The average molecular weight is 300 g/mol. The van der Waals surface area contributed by atoms with Crippen molar-refractivity contribution in [2.75, 3.05) is 20.1 Å². The molecule has 92 valence electrons. The molecule has 0 fully saturated rings. The number of carbonyl (C=O) groups excluding carboxylic acids is 2. The zero-order valence-electron chi connectivity index (χ0n) is 9.74. The Labute approximate surface area is 108 Å². The van der Waals surface area contributed by atoms with Crippen LogP contribution in [0.15, 0.2) is 22.8 Å². The molecule has 1 N–H and O–H groups in total. The number of nitrogens with one attached hydrogen (secondary N) is 1. The van der Waals surface area contributed by atoms with Crippen LogP contribution in [-0.2, 0) is 4.79 Å². The van der Waals surface area contributed by atoms with E-state index in [1.807, 2.05) is 6.92 Å². The molecule has 0 aliphatic carbocycles. The van der Waals surface area contributed by atoms with E-state index in [-0.39, 0.29) is 24.1 Å². The van der Waals surface area contributed by atoms with Crippen molar-refractivity contribution in [2.24, 2.45) is 0 Å². The van der Waals surface area contributed by atoms with Crippen molar-refractivity contribution in [2.45, 2.75) is 6.92 Å². The molecule has 0 bridgehead atoms. The van der Waals surface area contributed by atoms with Crippen molar-refractivity contribution in [1.29, 1.82) is 0 Å². The lowest BCUT2D eigenvalue weighted by molar-refractivity contribution is -0.128. The van der Waals surface area contributed by atoms with E-state index in [9.17, 15) is 9.59 Å². The summed E-state index contributed by atoms with van der Waals surface area (Å²) in [4.78, 5) is 28.7. The molecule has 6 heteroatoms. The molecule has 0 saturated carbocycles. The molecule has 0 radical (unpaired) electrons. The van der Waals surface area contributed by atoms with E-state index in [1.165, 1.54) is 11.1 Å². The van der Waals surface area contributed by atoms with Crippen LogP contribution in [0.25, 0.3) is 0 Å². The van der Waals surface area contributed by atoms with Gasteiger partial charge < -0.3 is 10.2 Å². The lowest BCUT2D eigenvalue weighted by Crippen LogP contribution is -2.38. The highest BCUT2D eigenvalue weighted by atomic mass is 79.9. The van der Waals surface area contributed by atoms with Crippen molar-refractivity contribution < 1.29 is 9.59 Å². The van der Waals surface area contributed by atoms with Crippen molar-refractivity contribution in [3.05, 3.63) is 28.5 Å². The van der Waals surface area contributed by atoms with Gasteiger partial charge in [-0.1, -0.05) is 0 Å². The molecule has 0 saturated heterocycles. The minimum atomic E-state index is -0.365. The van der Waals surface area contributed by atoms with Gasteiger partial charge in [0, 0.05) is 24.3 Å². The van der Waals surface area contributed by atoms with Crippen molar-refractivity contribution in [3.63, 3.8) is 0 Å². The number of carbonyl (C=O) groups is 2. The quantitative estimate of drug-likeness (QED) is 0.904. The number of halogens is 1. The molecule has 0 atom stereocenters. The van der Waals surface area contributed by atoms with E-state index in [0.717, 1.165) is 0 Å². The van der Waals surface area contributed by atoms with E-state index >= 15 is 0 Å². The molecule has 1 aromatic heterocycles. The first-order valence-electron chi connectivity index (χ1n) is 5.19. The Morgan fingerprint density at radius 2 is 2.24 bits per heavy atom. The Hall–Kier alpha value is -1.43. The number of pyridine rings is 1. The third kappa shape index (κ3) is 3.81. The summed E-state index contributed by atoms with van der Waals surface area (Å²) in [5.41, 5.74) is 0.277. The predicted octanol–water partition coefficient (Wildman–Crippen LogP) is 1.05. The maximum atomic E-state index is 11.7. The molecule has 0 spiro atoms. The molecule has 17 heavy (non-hydrogen) atoms. The Bertz CT molecular complexity index is 423. The highest BCUT2D eigenvalue weighted by Gasteiger charge is 2.13. The van der Waals surface area contributed by atoms with E-state index in [2.05, 4.69) is 26.2 Å². The third-order valence-corrected chi connectivity index (χ3v) is 2.91. The van der Waals surface area contributed by atoms with Gasteiger partial charge in [-0.15, -0.1) is 0 Å². The number of aromatic nitrogens is 1. The summed E-state index contributed by atoms with van der Waals surface area (Å²) < 4.78 is 0.605. The van der Waals surface area contributed by atoms with Gasteiger partial charge in [-0.05, 0) is 35.0 Å². The SMILES string of the molecule is CCN(C)C(=O)CNC(=O)c1ncccc1Br. The molecule has 2 amide bonds. The molecule has 0 unspecified atom stereocenters. The highest BCUT2D eigenvalue weighted by molar-refractivity contribution is 9.10. The topological polar surface area (TPSA) is 62.3 Å². The molecular weight excluding hydrogens is 286 g/mol. The Morgan fingerprint density at radius 1 is 1.53 bits per heavy atom. The van der Waals surface area contributed by atoms with Gasteiger partial charge in [-0.25, -0.2) is 4.98 Å². The van der Waals surface area contributed by atoms with Crippen LogP contribution in [0.3, 0.4) is 0 Å². The molecule has 5 nitrogen and oxygen atoms in total. The Morgan fingerprint density at radius 3 is 2.82 bits per heavy atom. The van der Waals surface area contributed by atoms with Crippen LogP contribution >= 0.6 is 15.9 Å². The maximum absolute atomic E-state index is 11.7. The van der Waals surface area contributed by atoms with Gasteiger partial charge in [0.2, 0.25) is 5.91 Å². The first-order valence-corrected chi connectivity index (χ1v) is 5.98. The fraction of sp³-hybridized carbons (Fsp3) is 0.364. The molecule has 1 aromatic rings. The van der Waals surface area contributed by atoms with E-state index in [0.29, 0.717) is 11.0 Å². The Balaban J connectivity index is 2.57. The van der Waals surface area contributed by atoms with Crippen LogP contribution < -0.4 is 5.32 Å². The number of rotatable bonds is 4. The summed E-state index contributed by atoms with van der Waals surface area (Å²) in [5, 5.41) is 2.53. The average Bonchev–Trinajstić information content (AvgIpc) is 2.35. The molecule has 1 heterocycles. The normalized spacial score (nSPS) is 9.82. The van der Waals surface area contributed by atoms with Gasteiger partial charge in [0.15, 0.2) is 0 Å². The van der Waals surface area contributed by atoms with Crippen LogP contribution in [0.4, 0.5) is 0 Å². The minimum absolute atomic E-state index is 0.0216. The summed E-state index contributed by atoms with van der Waals surface area (Å²) in [6, 6.07) is 3.44. The second-order valence-electron chi connectivity index (χ2n) is 3.42. The van der Waals surface area contributed by atoms with Crippen molar-refractivity contribution in [3.8, 4) is 0 Å². The maximum Gasteiger partial charge on any atom is 0.271 e. The fourth-order valence-corrected chi connectivity index (χ4v) is 1.54. The Kier molecular flexibility index (Phi) is 5.09. The van der Waals surface area contributed by atoms with Crippen LogP contribution in [0.2, 0.25) is 0 Å². The predicted molar refractivity (Wildman–Crippen MR) is 67.6 cm³/mol. The van der Waals surface area contributed by atoms with Gasteiger partial charge in [-0.2, -0.15) is 0 Å². The van der Waals surface area contributed by atoms with Crippen molar-refractivity contribution in [1.82, 2.24) is 15.2 Å². The minimum Gasteiger partial charge on any atom is -0.345 e. The molecule has 0 aromatic carbocycles. The second-order valence-corrected chi connectivity index (χ2v) is 4.28.